The average molecular weight is 469 g/mol. The number of alkyl halides is 1. The second-order valence-electron chi connectivity index (χ2n) is 8.86. The van der Waals surface area contributed by atoms with Crippen molar-refractivity contribution in [2.75, 3.05) is 5.32 Å². The number of nitrogens with one attached hydrogen (secondary N) is 1. The summed E-state index contributed by atoms with van der Waals surface area (Å²) in [5, 5.41) is 2.90. The minimum Gasteiger partial charge on any atom is -0.322 e. The third-order valence-corrected chi connectivity index (χ3v) is 5.59. The van der Waals surface area contributed by atoms with E-state index in [2.05, 4.69) is 20.3 Å². The number of aromatic nitrogens is 3. The molecule has 0 atom stereocenters. The zero-order valence-corrected chi connectivity index (χ0v) is 20.0. The lowest BCUT2D eigenvalue weighted by molar-refractivity contribution is 0.102. The van der Waals surface area contributed by atoms with Crippen molar-refractivity contribution in [3.8, 4) is 22.4 Å². The first-order valence-corrected chi connectivity index (χ1v) is 11.1. The lowest BCUT2D eigenvalue weighted by atomic mass is 9.98. The van der Waals surface area contributed by atoms with Gasteiger partial charge in [0.05, 0.1) is 11.4 Å². The van der Waals surface area contributed by atoms with Crippen LogP contribution in [0.25, 0.3) is 22.4 Å². The van der Waals surface area contributed by atoms with E-state index in [-0.39, 0.29) is 11.6 Å². The normalized spacial score (nSPS) is 11.2. The Kier molecular flexibility index (Phi) is 6.51. The molecule has 0 saturated carbocycles. The summed E-state index contributed by atoms with van der Waals surface area (Å²) in [6.07, 6.45) is 3.72. The zero-order valence-electron chi connectivity index (χ0n) is 20.0. The smallest absolute Gasteiger partial charge is 0.255 e. The van der Waals surface area contributed by atoms with Gasteiger partial charge in [-0.2, -0.15) is 0 Å². The van der Waals surface area contributed by atoms with Crippen LogP contribution in [0.5, 0.6) is 0 Å². The van der Waals surface area contributed by atoms with Gasteiger partial charge in [-0.25, -0.2) is 4.39 Å². The van der Waals surface area contributed by atoms with Crippen LogP contribution in [0.1, 0.15) is 51.6 Å². The van der Waals surface area contributed by atoms with E-state index in [0.717, 1.165) is 33.6 Å². The molecule has 7 heteroatoms. The van der Waals surface area contributed by atoms with Gasteiger partial charge in [0, 0.05) is 34.9 Å². The molecule has 4 aromatic rings. The molecule has 0 radical (unpaired) electrons. The quantitative estimate of drug-likeness (QED) is 0.346. The topological polar surface area (TPSA) is 84.8 Å². The first-order valence-electron chi connectivity index (χ1n) is 11.1. The number of anilines is 1. The summed E-state index contributed by atoms with van der Waals surface area (Å²) in [5.41, 5.74) is 5.02. The van der Waals surface area contributed by atoms with E-state index >= 15 is 0 Å². The molecule has 176 valence electrons. The number of pyridine rings is 3. The number of nitrogens with zero attached hydrogens (tertiary/aromatic N) is 3. The summed E-state index contributed by atoms with van der Waals surface area (Å²) in [5.74, 6) is -0.350. The van der Waals surface area contributed by atoms with Crippen LogP contribution in [0.15, 0.2) is 67.0 Å². The number of hydrogen-bond acceptors (Lipinski definition) is 5. The molecule has 0 aliphatic carbocycles. The average Bonchev–Trinajstić information content (AvgIpc) is 2.84. The van der Waals surface area contributed by atoms with Gasteiger partial charge < -0.3 is 5.32 Å². The molecule has 6 nitrogen and oxygen atoms in total. The summed E-state index contributed by atoms with van der Waals surface area (Å²) in [7, 11) is 0. The molecule has 35 heavy (non-hydrogen) atoms. The maximum absolute atomic E-state index is 14.3. The van der Waals surface area contributed by atoms with Gasteiger partial charge in [-0.3, -0.25) is 24.5 Å². The van der Waals surface area contributed by atoms with E-state index in [4.69, 9.17) is 0 Å². The van der Waals surface area contributed by atoms with Crippen LogP contribution in [-0.2, 0) is 5.67 Å². The number of carbonyl (C=O) groups excluding carboxylic acids is 2. The Morgan fingerprint density at radius 3 is 2.46 bits per heavy atom. The maximum Gasteiger partial charge on any atom is 0.255 e. The first kappa shape index (κ1) is 23.9. The van der Waals surface area contributed by atoms with Crippen LogP contribution in [-0.4, -0.2) is 27.1 Å². The first-order chi connectivity index (χ1) is 16.6. The summed E-state index contributed by atoms with van der Waals surface area (Å²) in [6.45, 7) is 6.70. The molecule has 3 aromatic heterocycles. The molecule has 0 spiro atoms. The summed E-state index contributed by atoms with van der Waals surface area (Å²) in [6, 6.07) is 16.1. The van der Waals surface area contributed by atoms with Crippen molar-refractivity contribution in [3.05, 3.63) is 95.2 Å². The zero-order chi connectivity index (χ0) is 25.2. The van der Waals surface area contributed by atoms with E-state index < -0.39 is 5.67 Å². The predicted molar refractivity (Wildman–Crippen MR) is 134 cm³/mol. The van der Waals surface area contributed by atoms with Gasteiger partial charge in [-0.05, 0) is 92.9 Å². The van der Waals surface area contributed by atoms with Gasteiger partial charge in [-0.1, -0.05) is 6.07 Å². The fourth-order valence-electron chi connectivity index (χ4n) is 3.75. The Morgan fingerprint density at radius 2 is 1.71 bits per heavy atom. The van der Waals surface area contributed by atoms with Crippen LogP contribution in [0, 0.1) is 13.8 Å². The molecular weight excluding hydrogens is 443 g/mol. The highest BCUT2D eigenvalue weighted by Crippen LogP contribution is 2.31. The van der Waals surface area contributed by atoms with Crippen molar-refractivity contribution in [1.29, 1.82) is 0 Å². The highest BCUT2D eigenvalue weighted by atomic mass is 19.1. The second kappa shape index (κ2) is 9.54. The SMILES string of the molecule is Cc1cc(-c2cc(NC(=O)c3ccnc(C(C)(C)F)c3)ccc2C)cc(-c2ccnc(C=O)c2)n1. The predicted octanol–water partition coefficient (Wildman–Crippen LogP) is 6.09. The molecule has 4 rings (SSSR count). The van der Waals surface area contributed by atoms with Crippen LogP contribution in [0.3, 0.4) is 0 Å². The Balaban J connectivity index is 1.67. The monoisotopic (exact) mass is 468 g/mol. The molecule has 0 aliphatic rings. The van der Waals surface area contributed by atoms with E-state index in [9.17, 15) is 14.0 Å². The van der Waals surface area contributed by atoms with Crippen molar-refractivity contribution >= 4 is 17.9 Å². The largest absolute Gasteiger partial charge is 0.322 e. The van der Waals surface area contributed by atoms with Crippen molar-refractivity contribution in [3.63, 3.8) is 0 Å². The number of halogens is 1. The third-order valence-electron chi connectivity index (χ3n) is 5.59. The van der Waals surface area contributed by atoms with Gasteiger partial charge in [0.1, 0.15) is 11.4 Å². The fraction of sp³-hybridized carbons (Fsp3) is 0.179. The molecule has 1 N–H and O–H groups in total. The Hall–Kier alpha value is -4.26. The second-order valence-corrected chi connectivity index (χ2v) is 8.86. The van der Waals surface area contributed by atoms with Crippen LogP contribution in [0.4, 0.5) is 10.1 Å². The van der Waals surface area contributed by atoms with E-state index in [1.807, 2.05) is 50.2 Å². The van der Waals surface area contributed by atoms with Crippen LogP contribution < -0.4 is 5.32 Å². The standard InChI is InChI=1S/C28H25FN4O2/c1-17-5-6-22(33-27(35)20-8-10-31-26(14-20)28(3,4)29)15-24(17)21-11-18(2)32-25(13-21)19-7-9-30-23(12-19)16-34/h5-16H,1-4H3,(H,33,35). The van der Waals surface area contributed by atoms with Gasteiger partial charge in [0.15, 0.2) is 6.29 Å². The highest BCUT2D eigenvalue weighted by Gasteiger charge is 2.22. The van der Waals surface area contributed by atoms with Crippen LogP contribution >= 0.6 is 0 Å². The lowest BCUT2D eigenvalue weighted by Gasteiger charge is -2.15. The van der Waals surface area contributed by atoms with Crippen molar-refractivity contribution < 1.29 is 14.0 Å². The highest BCUT2D eigenvalue weighted by molar-refractivity contribution is 6.04. The van der Waals surface area contributed by atoms with E-state index in [1.54, 1.807) is 18.3 Å². The molecule has 0 aliphatic heterocycles. The number of aryl methyl sites for hydroxylation is 2. The van der Waals surface area contributed by atoms with Crippen molar-refractivity contribution in [2.45, 2.75) is 33.4 Å². The Labute approximate surface area is 203 Å². The molecule has 1 amide bonds. The van der Waals surface area contributed by atoms with E-state index in [1.165, 1.54) is 26.1 Å². The van der Waals surface area contributed by atoms with Crippen molar-refractivity contribution in [2.24, 2.45) is 0 Å². The molecular formula is C28H25FN4O2. The Bertz CT molecular complexity index is 1430. The number of amides is 1. The molecule has 0 unspecified atom stereocenters. The van der Waals surface area contributed by atoms with Crippen molar-refractivity contribution in [1.82, 2.24) is 15.0 Å². The summed E-state index contributed by atoms with van der Waals surface area (Å²) in [4.78, 5) is 36.7. The fourth-order valence-corrected chi connectivity index (χ4v) is 3.75. The summed E-state index contributed by atoms with van der Waals surface area (Å²) < 4.78 is 14.3. The maximum atomic E-state index is 14.3. The number of carbonyl (C=O) groups is 2. The minimum atomic E-state index is -1.65. The molecule has 0 bridgehead atoms. The number of rotatable bonds is 6. The van der Waals surface area contributed by atoms with Gasteiger partial charge in [0.2, 0.25) is 0 Å². The van der Waals surface area contributed by atoms with Crippen LogP contribution in [0.2, 0.25) is 0 Å². The number of hydrogen-bond donors (Lipinski definition) is 1. The molecule has 1 aromatic carbocycles. The number of aldehydes is 1. The molecule has 0 fully saturated rings. The number of benzene rings is 1. The van der Waals surface area contributed by atoms with Gasteiger partial charge in [-0.15, -0.1) is 0 Å². The van der Waals surface area contributed by atoms with Gasteiger partial charge in [0.25, 0.3) is 5.91 Å². The molecule has 3 heterocycles. The Morgan fingerprint density at radius 1 is 0.943 bits per heavy atom. The third kappa shape index (κ3) is 5.46. The minimum absolute atomic E-state index is 0.198. The van der Waals surface area contributed by atoms with E-state index in [0.29, 0.717) is 23.2 Å². The lowest BCUT2D eigenvalue weighted by Crippen LogP contribution is -2.16. The summed E-state index contributed by atoms with van der Waals surface area (Å²) >= 11 is 0. The molecule has 0 saturated heterocycles. The van der Waals surface area contributed by atoms with Gasteiger partial charge >= 0.3 is 0 Å².